The van der Waals surface area contributed by atoms with E-state index in [-0.39, 0.29) is 0 Å². The molecule has 0 bridgehead atoms. The van der Waals surface area contributed by atoms with Crippen LogP contribution in [0.1, 0.15) is 56.3 Å². The molecule has 17 heavy (non-hydrogen) atoms. The van der Waals surface area contributed by atoms with Gasteiger partial charge in [0.15, 0.2) is 0 Å². The molecule has 1 aliphatic carbocycles. The number of aliphatic hydroxyl groups is 1. The molecule has 0 unspecified atom stereocenters. The Hall–Kier alpha value is -1.02. The fourth-order valence-corrected chi connectivity index (χ4v) is 2.45. The van der Waals surface area contributed by atoms with Gasteiger partial charge in [0.1, 0.15) is 5.75 Å². The lowest BCUT2D eigenvalue weighted by molar-refractivity contribution is 0.142. The highest BCUT2D eigenvalue weighted by Crippen LogP contribution is 2.30. The summed E-state index contributed by atoms with van der Waals surface area (Å²) in [6.07, 6.45) is 6.02. The highest BCUT2D eigenvalue weighted by atomic mass is 16.5. The van der Waals surface area contributed by atoms with E-state index >= 15 is 0 Å². The van der Waals surface area contributed by atoms with Gasteiger partial charge in [0.25, 0.3) is 0 Å². The smallest absolute Gasteiger partial charge is 0.125 e. The van der Waals surface area contributed by atoms with Crippen LogP contribution < -0.4 is 4.74 Å². The first-order chi connectivity index (χ1) is 8.16. The van der Waals surface area contributed by atoms with Crippen LogP contribution in [0.25, 0.3) is 0 Å². The number of ether oxygens (including phenoxy) is 1. The molecule has 2 nitrogen and oxygen atoms in total. The minimum Gasteiger partial charge on any atom is -0.490 e. The van der Waals surface area contributed by atoms with E-state index in [2.05, 4.69) is 6.92 Å². The average molecular weight is 234 g/mol. The van der Waals surface area contributed by atoms with Crippen LogP contribution in [-0.2, 0) is 0 Å². The van der Waals surface area contributed by atoms with Crippen molar-refractivity contribution in [3.8, 4) is 5.75 Å². The summed E-state index contributed by atoms with van der Waals surface area (Å²) in [5, 5.41) is 9.74. The van der Waals surface area contributed by atoms with Crippen LogP contribution >= 0.6 is 0 Å². The summed E-state index contributed by atoms with van der Waals surface area (Å²) in [5.74, 6) is 0.868. The normalized spacial score (nSPS) is 19.0. The molecule has 0 aliphatic heterocycles. The van der Waals surface area contributed by atoms with E-state index in [1.54, 1.807) is 6.92 Å². The highest BCUT2D eigenvalue weighted by molar-refractivity contribution is 5.38. The first-order valence-corrected chi connectivity index (χ1v) is 6.62. The van der Waals surface area contributed by atoms with Crippen molar-refractivity contribution in [3.63, 3.8) is 0 Å². The van der Waals surface area contributed by atoms with Crippen molar-refractivity contribution in [3.05, 3.63) is 29.3 Å². The zero-order valence-electron chi connectivity index (χ0n) is 10.8. The van der Waals surface area contributed by atoms with E-state index in [0.717, 1.165) is 24.2 Å². The standard InChI is InChI=1S/C15H22O2/c1-11-8-9-14(12(2)16)15(10-11)17-13-6-4-3-5-7-13/h8-10,12-13,16H,3-7H2,1-2H3/t12-/m1/s1. The molecule has 1 saturated carbocycles. The molecule has 0 amide bonds. The molecule has 1 N–H and O–H groups in total. The second-order valence-electron chi connectivity index (χ2n) is 5.10. The number of hydrogen-bond donors (Lipinski definition) is 1. The van der Waals surface area contributed by atoms with Gasteiger partial charge in [0.05, 0.1) is 12.2 Å². The molecule has 1 aromatic rings. The van der Waals surface area contributed by atoms with Crippen LogP contribution in [0.4, 0.5) is 0 Å². The van der Waals surface area contributed by atoms with Crippen molar-refractivity contribution in [2.24, 2.45) is 0 Å². The third-order valence-electron chi connectivity index (χ3n) is 3.46. The van der Waals surface area contributed by atoms with Crippen LogP contribution in [0.15, 0.2) is 18.2 Å². The Labute approximate surface area is 104 Å². The van der Waals surface area contributed by atoms with E-state index < -0.39 is 6.10 Å². The lowest BCUT2D eigenvalue weighted by Gasteiger charge is -2.25. The monoisotopic (exact) mass is 234 g/mol. The molecular formula is C15H22O2. The Morgan fingerprint density at radius 1 is 1.24 bits per heavy atom. The van der Waals surface area contributed by atoms with Gasteiger partial charge in [0.2, 0.25) is 0 Å². The number of aliphatic hydroxyl groups excluding tert-OH is 1. The number of benzene rings is 1. The van der Waals surface area contributed by atoms with Gasteiger partial charge in [-0.05, 0) is 51.2 Å². The maximum absolute atomic E-state index is 9.74. The average Bonchev–Trinajstić information content (AvgIpc) is 2.30. The van der Waals surface area contributed by atoms with E-state index in [0.29, 0.717) is 6.10 Å². The van der Waals surface area contributed by atoms with Crippen LogP contribution in [0.2, 0.25) is 0 Å². The van der Waals surface area contributed by atoms with Crippen LogP contribution in [0.5, 0.6) is 5.75 Å². The summed E-state index contributed by atoms with van der Waals surface area (Å²) in [5.41, 5.74) is 2.08. The lowest BCUT2D eigenvalue weighted by Crippen LogP contribution is -2.20. The molecule has 0 spiro atoms. The first kappa shape index (κ1) is 12.4. The lowest BCUT2D eigenvalue weighted by atomic mass is 9.97. The number of aryl methyl sites for hydroxylation is 1. The summed E-state index contributed by atoms with van der Waals surface area (Å²) in [6, 6.07) is 6.03. The van der Waals surface area contributed by atoms with Crippen LogP contribution in [-0.4, -0.2) is 11.2 Å². The third-order valence-corrected chi connectivity index (χ3v) is 3.46. The summed E-state index contributed by atoms with van der Waals surface area (Å²) in [4.78, 5) is 0. The van der Waals surface area contributed by atoms with Gasteiger partial charge < -0.3 is 9.84 Å². The first-order valence-electron chi connectivity index (χ1n) is 6.62. The maximum Gasteiger partial charge on any atom is 0.125 e. The minimum absolute atomic E-state index is 0.336. The largest absolute Gasteiger partial charge is 0.490 e. The molecule has 0 heterocycles. The van der Waals surface area contributed by atoms with Crippen molar-refractivity contribution in [1.29, 1.82) is 0 Å². The molecule has 1 aliphatic rings. The molecule has 0 radical (unpaired) electrons. The SMILES string of the molecule is Cc1ccc([C@@H](C)O)c(OC2CCCCC2)c1. The van der Waals surface area contributed by atoms with Crippen molar-refractivity contribution in [2.45, 2.75) is 58.2 Å². The molecule has 1 aromatic carbocycles. The van der Waals surface area contributed by atoms with Gasteiger partial charge in [-0.15, -0.1) is 0 Å². The molecular weight excluding hydrogens is 212 g/mol. The van der Waals surface area contributed by atoms with E-state index in [9.17, 15) is 5.11 Å². The van der Waals surface area contributed by atoms with Crippen molar-refractivity contribution in [1.82, 2.24) is 0 Å². The fraction of sp³-hybridized carbons (Fsp3) is 0.600. The molecule has 0 saturated heterocycles. The number of rotatable bonds is 3. The molecule has 94 valence electrons. The molecule has 2 rings (SSSR count). The Kier molecular flexibility index (Phi) is 4.06. The maximum atomic E-state index is 9.74. The molecule has 2 heteroatoms. The third kappa shape index (κ3) is 3.22. The van der Waals surface area contributed by atoms with Crippen molar-refractivity contribution < 1.29 is 9.84 Å². The second kappa shape index (κ2) is 5.54. The molecule has 1 fully saturated rings. The Balaban J connectivity index is 2.14. The van der Waals surface area contributed by atoms with E-state index in [1.807, 2.05) is 18.2 Å². The Morgan fingerprint density at radius 2 is 1.94 bits per heavy atom. The highest BCUT2D eigenvalue weighted by Gasteiger charge is 2.17. The Morgan fingerprint density at radius 3 is 2.59 bits per heavy atom. The van der Waals surface area contributed by atoms with Crippen molar-refractivity contribution >= 4 is 0 Å². The predicted octanol–water partition coefficient (Wildman–Crippen LogP) is 3.76. The van der Waals surface area contributed by atoms with E-state index in [1.165, 1.54) is 24.8 Å². The quantitative estimate of drug-likeness (QED) is 0.863. The predicted molar refractivity (Wildman–Crippen MR) is 69.3 cm³/mol. The molecule has 1 atom stereocenters. The minimum atomic E-state index is -0.464. The van der Waals surface area contributed by atoms with Crippen LogP contribution in [0, 0.1) is 6.92 Å². The van der Waals surface area contributed by atoms with Crippen molar-refractivity contribution in [2.75, 3.05) is 0 Å². The summed E-state index contributed by atoms with van der Waals surface area (Å²) >= 11 is 0. The Bertz CT molecular complexity index is 365. The molecule has 0 aromatic heterocycles. The summed E-state index contributed by atoms with van der Waals surface area (Å²) < 4.78 is 6.07. The van der Waals surface area contributed by atoms with Gasteiger partial charge in [-0.25, -0.2) is 0 Å². The van der Waals surface area contributed by atoms with Gasteiger partial charge in [0, 0.05) is 5.56 Å². The van der Waals surface area contributed by atoms with Gasteiger partial charge in [-0.1, -0.05) is 18.6 Å². The summed E-state index contributed by atoms with van der Waals surface area (Å²) in [6.45, 7) is 3.85. The van der Waals surface area contributed by atoms with Crippen LogP contribution in [0.3, 0.4) is 0 Å². The topological polar surface area (TPSA) is 29.5 Å². The van der Waals surface area contributed by atoms with Gasteiger partial charge in [-0.3, -0.25) is 0 Å². The second-order valence-corrected chi connectivity index (χ2v) is 5.10. The van der Waals surface area contributed by atoms with Gasteiger partial charge >= 0.3 is 0 Å². The fourth-order valence-electron chi connectivity index (χ4n) is 2.45. The summed E-state index contributed by atoms with van der Waals surface area (Å²) in [7, 11) is 0. The zero-order chi connectivity index (χ0) is 12.3. The zero-order valence-corrected chi connectivity index (χ0v) is 10.8. The van der Waals surface area contributed by atoms with E-state index in [4.69, 9.17) is 4.74 Å². The van der Waals surface area contributed by atoms with Gasteiger partial charge in [-0.2, -0.15) is 0 Å². The number of hydrogen-bond acceptors (Lipinski definition) is 2.